The molecule has 0 amide bonds. The van der Waals surface area contributed by atoms with Gasteiger partial charge in [0.05, 0.1) is 19.3 Å². The van der Waals surface area contributed by atoms with E-state index in [0.29, 0.717) is 6.61 Å². The minimum atomic E-state index is 0.623. The van der Waals surface area contributed by atoms with E-state index >= 15 is 0 Å². The second-order valence-electron chi connectivity index (χ2n) is 5.95. The highest BCUT2D eigenvalue weighted by atomic mass is 32.2. The van der Waals surface area contributed by atoms with Crippen molar-refractivity contribution in [2.45, 2.75) is 32.0 Å². The lowest BCUT2D eigenvalue weighted by atomic mass is 10.2. The molecule has 142 valence electrons. The molecule has 1 heterocycles. The Morgan fingerprint density at radius 3 is 2.67 bits per heavy atom. The maximum Gasteiger partial charge on any atom is 0.191 e. The van der Waals surface area contributed by atoms with Gasteiger partial charge in [0.2, 0.25) is 0 Å². The summed E-state index contributed by atoms with van der Waals surface area (Å²) in [4.78, 5) is 0. The number of hydrogen-bond donors (Lipinski definition) is 0. The third kappa shape index (κ3) is 4.63. The van der Waals surface area contributed by atoms with Gasteiger partial charge in [-0.25, -0.2) is 0 Å². The summed E-state index contributed by atoms with van der Waals surface area (Å²) in [7, 11) is 1.67. The number of para-hydroxylation sites is 1. The molecule has 0 radical (unpaired) electrons. The van der Waals surface area contributed by atoms with Gasteiger partial charge in [-0.1, -0.05) is 43.0 Å². The average Bonchev–Trinajstić information content (AvgIpc) is 3.14. The number of ether oxygens (including phenoxy) is 2. The summed E-state index contributed by atoms with van der Waals surface area (Å²) >= 11 is 1.65. The van der Waals surface area contributed by atoms with Gasteiger partial charge >= 0.3 is 0 Å². The quantitative estimate of drug-likeness (QED) is 0.396. The smallest absolute Gasteiger partial charge is 0.191 e. The molecule has 3 rings (SSSR count). The van der Waals surface area contributed by atoms with Crippen molar-refractivity contribution in [3.05, 3.63) is 54.1 Å². The minimum Gasteiger partial charge on any atom is -0.496 e. The molecule has 0 unspecified atom stereocenters. The third-order valence-corrected chi connectivity index (χ3v) is 5.20. The van der Waals surface area contributed by atoms with Gasteiger partial charge in [-0.2, -0.15) is 0 Å². The summed E-state index contributed by atoms with van der Waals surface area (Å²) in [5, 5.41) is 9.67. The Balaban J connectivity index is 1.65. The van der Waals surface area contributed by atoms with Crippen molar-refractivity contribution in [1.82, 2.24) is 14.8 Å². The van der Waals surface area contributed by atoms with Crippen molar-refractivity contribution in [3.63, 3.8) is 0 Å². The first-order chi connectivity index (χ1) is 13.3. The van der Waals surface area contributed by atoms with Crippen LogP contribution in [0.2, 0.25) is 0 Å². The predicted octanol–water partition coefficient (Wildman–Crippen LogP) is 4.71. The molecule has 0 atom stereocenters. The number of nitrogens with zero attached hydrogens (tertiary/aromatic N) is 3. The van der Waals surface area contributed by atoms with Crippen molar-refractivity contribution in [1.29, 1.82) is 0 Å². The molecule has 0 aliphatic heterocycles. The second-order valence-corrected chi connectivity index (χ2v) is 7.01. The zero-order valence-electron chi connectivity index (χ0n) is 16.0. The highest BCUT2D eigenvalue weighted by molar-refractivity contribution is 7.99. The first-order valence-corrected chi connectivity index (χ1v) is 10.2. The topological polar surface area (TPSA) is 49.2 Å². The van der Waals surface area contributed by atoms with Gasteiger partial charge in [-0.05, 0) is 43.2 Å². The van der Waals surface area contributed by atoms with Crippen LogP contribution in [0.25, 0.3) is 11.4 Å². The van der Waals surface area contributed by atoms with Crippen LogP contribution >= 0.6 is 11.8 Å². The van der Waals surface area contributed by atoms with Crippen LogP contribution in [0.4, 0.5) is 0 Å². The molecule has 0 aliphatic rings. The van der Waals surface area contributed by atoms with Crippen molar-refractivity contribution in [3.8, 4) is 22.9 Å². The molecule has 0 fully saturated rings. The predicted molar refractivity (Wildman–Crippen MR) is 110 cm³/mol. The van der Waals surface area contributed by atoms with Gasteiger partial charge in [0.1, 0.15) is 11.5 Å². The molecule has 0 aliphatic carbocycles. The van der Waals surface area contributed by atoms with Gasteiger partial charge in [-0.15, -0.1) is 10.2 Å². The monoisotopic (exact) mass is 383 g/mol. The van der Waals surface area contributed by atoms with E-state index in [0.717, 1.165) is 46.8 Å². The lowest BCUT2D eigenvalue weighted by Gasteiger charge is -2.10. The molecule has 1 aromatic heterocycles. The van der Waals surface area contributed by atoms with E-state index in [1.54, 1.807) is 18.9 Å². The summed E-state index contributed by atoms with van der Waals surface area (Å²) < 4.78 is 13.5. The van der Waals surface area contributed by atoms with Crippen molar-refractivity contribution in [2.24, 2.45) is 0 Å². The molecule has 5 nitrogen and oxygen atoms in total. The highest BCUT2D eigenvalue weighted by Crippen LogP contribution is 2.30. The maximum atomic E-state index is 5.87. The van der Waals surface area contributed by atoms with Crippen molar-refractivity contribution in [2.75, 3.05) is 19.5 Å². The van der Waals surface area contributed by atoms with Gasteiger partial charge in [0, 0.05) is 12.3 Å². The van der Waals surface area contributed by atoms with Crippen LogP contribution in [-0.4, -0.2) is 34.2 Å². The Morgan fingerprint density at radius 2 is 1.89 bits per heavy atom. The Morgan fingerprint density at radius 1 is 1.04 bits per heavy atom. The van der Waals surface area contributed by atoms with E-state index in [1.807, 2.05) is 36.4 Å². The fraction of sp³-hybridized carbons (Fsp3) is 0.333. The average molecular weight is 384 g/mol. The first kappa shape index (κ1) is 19.3. The Bertz CT molecular complexity index is 879. The minimum absolute atomic E-state index is 0.623. The van der Waals surface area contributed by atoms with E-state index in [2.05, 4.69) is 40.7 Å². The summed E-state index contributed by atoms with van der Waals surface area (Å²) in [5.41, 5.74) is 2.24. The fourth-order valence-electron chi connectivity index (χ4n) is 2.86. The molecular weight excluding hydrogens is 358 g/mol. The molecule has 3 aromatic rings. The molecule has 0 saturated heterocycles. The summed E-state index contributed by atoms with van der Waals surface area (Å²) in [5.74, 6) is 3.35. The summed E-state index contributed by atoms with van der Waals surface area (Å²) in [6, 6.07) is 16.1. The number of aromatic nitrogens is 3. The van der Waals surface area contributed by atoms with E-state index in [4.69, 9.17) is 9.47 Å². The van der Waals surface area contributed by atoms with E-state index in [-0.39, 0.29) is 0 Å². The standard InChI is InChI=1S/C21H25N3O2S/c1-4-16-9-8-10-17(15-16)26-13-14-27-21-23-22-20(24(21)5-2)18-11-6-7-12-19(18)25-3/h6-12,15H,4-5,13-14H2,1-3H3. The largest absolute Gasteiger partial charge is 0.496 e. The van der Waals surface area contributed by atoms with E-state index < -0.39 is 0 Å². The number of methoxy groups -OCH3 is 1. The van der Waals surface area contributed by atoms with Crippen LogP contribution in [0, 0.1) is 0 Å². The Labute approximate surface area is 164 Å². The van der Waals surface area contributed by atoms with Gasteiger partial charge in [0.15, 0.2) is 11.0 Å². The number of aryl methyl sites for hydroxylation is 1. The van der Waals surface area contributed by atoms with Crippen LogP contribution < -0.4 is 9.47 Å². The van der Waals surface area contributed by atoms with Crippen LogP contribution in [0.15, 0.2) is 53.7 Å². The normalized spacial score (nSPS) is 10.8. The highest BCUT2D eigenvalue weighted by Gasteiger charge is 2.16. The zero-order chi connectivity index (χ0) is 19.1. The lowest BCUT2D eigenvalue weighted by Crippen LogP contribution is -2.04. The van der Waals surface area contributed by atoms with Crippen molar-refractivity contribution >= 4 is 11.8 Å². The molecular formula is C21H25N3O2S. The molecule has 0 N–H and O–H groups in total. The van der Waals surface area contributed by atoms with E-state index in [1.165, 1.54) is 5.56 Å². The zero-order valence-corrected chi connectivity index (χ0v) is 16.8. The molecule has 0 spiro atoms. The Kier molecular flexibility index (Phi) is 6.76. The van der Waals surface area contributed by atoms with Crippen LogP contribution in [-0.2, 0) is 13.0 Å². The fourth-order valence-corrected chi connectivity index (χ4v) is 3.68. The van der Waals surface area contributed by atoms with Gasteiger partial charge in [-0.3, -0.25) is 0 Å². The number of benzene rings is 2. The van der Waals surface area contributed by atoms with Crippen LogP contribution in [0.5, 0.6) is 11.5 Å². The summed E-state index contributed by atoms with van der Waals surface area (Å²) in [6.07, 6.45) is 1.01. The third-order valence-electron chi connectivity index (χ3n) is 4.27. The molecule has 0 bridgehead atoms. The molecule has 27 heavy (non-hydrogen) atoms. The van der Waals surface area contributed by atoms with Gasteiger partial charge < -0.3 is 14.0 Å². The Hall–Kier alpha value is -2.47. The van der Waals surface area contributed by atoms with Crippen LogP contribution in [0.1, 0.15) is 19.4 Å². The number of hydrogen-bond acceptors (Lipinski definition) is 5. The van der Waals surface area contributed by atoms with Crippen LogP contribution in [0.3, 0.4) is 0 Å². The SMILES string of the molecule is CCc1cccc(OCCSc2nnc(-c3ccccc3OC)n2CC)c1. The van der Waals surface area contributed by atoms with Gasteiger partial charge in [0.25, 0.3) is 0 Å². The molecule has 2 aromatic carbocycles. The molecule has 6 heteroatoms. The molecule has 0 saturated carbocycles. The number of thioether (sulfide) groups is 1. The second kappa shape index (κ2) is 9.46. The first-order valence-electron chi connectivity index (χ1n) is 9.18. The summed E-state index contributed by atoms with van der Waals surface area (Å²) in [6.45, 7) is 5.66. The number of rotatable bonds is 9. The van der Waals surface area contributed by atoms with Crippen molar-refractivity contribution < 1.29 is 9.47 Å². The maximum absolute atomic E-state index is 5.87. The lowest BCUT2D eigenvalue weighted by molar-refractivity contribution is 0.343. The van der Waals surface area contributed by atoms with E-state index in [9.17, 15) is 0 Å².